The Morgan fingerprint density at radius 2 is 2.20 bits per heavy atom. The van der Waals surface area contributed by atoms with Crippen LogP contribution in [0.2, 0.25) is 0 Å². The van der Waals surface area contributed by atoms with E-state index in [2.05, 4.69) is 41.7 Å². The Bertz CT molecular complexity index is 259. The van der Waals surface area contributed by atoms with Gasteiger partial charge in [0.25, 0.3) is 0 Å². The number of furan rings is 1. The molecular formula is C12H20BrNO. The van der Waals surface area contributed by atoms with Gasteiger partial charge < -0.3 is 9.32 Å². The first kappa shape index (κ1) is 12.8. The van der Waals surface area contributed by atoms with Gasteiger partial charge in [0.1, 0.15) is 0 Å². The second kappa shape index (κ2) is 6.33. The van der Waals surface area contributed by atoms with Gasteiger partial charge >= 0.3 is 0 Å². The van der Waals surface area contributed by atoms with Crippen molar-refractivity contribution in [3.05, 3.63) is 24.2 Å². The Morgan fingerprint density at radius 1 is 1.47 bits per heavy atom. The normalized spacial score (nSPS) is 13.7. The zero-order valence-electron chi connectivity index (χ0n) is 9.74. The van der Waals surface area contributed by atoms with Crippen molar-refractivity contribution in [3.8, 4) is 0 Å². The van der Waals surface area contributed by atoms with Gasteiger partial charge in [-0.05, 0) is 24.9 Å². The van der Waals surface area contributed by atoms with E-state index < -0.39 is 0 Å². The summed E-state index contributed by atoms with van der Waals surface area (Å²) in [7, 11) is 2.16. The van der Waals surface area contributed by atoms with Gasteiger partial charge in [-0.2, -0.15) is 0 Å². The lowest BCUT2D eigenvalue weighted by Crippen LogP contribution is -2.29. The average molecular weight is 274 g/mol. The zero-order chi connectivity index (χ0) is 11.3. The van der Waals surface area contributed by atoms with Crippen LogP contribution < -0.4 is 0 Å². The molecule has 86 valence electrons. The molecule has 0 N–H and O–H groups in total. The molecule has 0 amide bonds. The fourth-order valence-electron chi connectivity index (χ4n) is 1.60. The standard InChI is InChI=1S/C12H20BrNO/c1-10(2)12(6-13)8-14(3)7-11-4-5-15-9-11/h4-5,9-10,12H,6-8H2,1-3H3. The van der Waals surface area contributed by atoms with Crippen molar-refractivity contribution in [2.45, 2.75) is 20.4 Å². The molecule has 0 aliphatic carbocycles. The highest BCUT2D eigenvalue weighted by molar-refractivity contribution is 9.09. The Hall–Kier alpha value is -0.280. The largest absolute Gasteiger partial charge is 0.472 e. The summed E-state index contributed by atoms with van der Waals surface area (Å²) in [6.45, 7) is 6.63. The number of nitrogens with zero attached hydrogens (tertiary/aromatic N) is 1. The predicted molar refractivity (Wildman–Crippen MR) is 67.2 cm³/mol. The molecule has 0 aliphatic heterocycles. The molecule has 0 radical (unpaired) electrons. The second-order valence-electron chi connectivity index (χ2n) is 4.49. The van der Waals surface area contributed by atoms with Crippen LogP contribution in [0.3, 0.4) is 0 Å². The number of halogens is 1. The summed E-state index contributed by atoms with van der Waals surface area (Å²) in [6.07, 6.45) is 3.54. The molecule has 0 aromatic carbocycles. The Kier molecular flexibility index (Phi) is 5.40. The highest BCUT2D eigenvalue weighted by atomic mass is 79.9. The van der Waals surface area contributed by atoms with E-state index in [1.54, 1.807) is 6.26 Å². The molecule has 1 heterocycles. The molecule has 0 fully saturated rings. The summed E-state index contributed by atoms with van der Waals surface area (Å²) in [5.74, 6) is 1.43. The Morgan fingerprint density at radius 3 is 2.67 bits per heavy atom. The SMILES string of the molecule is CC(C)C(CBr)CN(C)Cc1ccoc1. The highest BCUT2D eigenvalue weighted by Gasteiger charge is 2.14. The number of hydrogen-bond acceptors (Lipinski definition) is 2. The van der Waals surface area contributed by atoms with Crippen LogP contribution >= 0.6 is 15.9 Å². The highest BCUT2D eigenvalue weighted by Crippen LogP contribution is 2.16. The van der Waals surface area contributed by atoms with E-state index in [4.69, 9.17) is 4.42 Å². The first-order chi connectivity index (χ1) is 7.13. The van der Waals surface area contributed by atoms with Crippen LogP contribution in [0.5, 0.6) is 0 Å². The van der Waals surface area contributed by atoms with Crippen LogP contribution in [-0.2, 0) is 6.54 Å². The van der Waals surface area contributed by atoms with Crippen LogP contribution in [0.1, 0.15) is 19.4 Å². The number of rotatable bonds is 6. The van der Waals surface area contributed by atoms with Gasteiger partial charge in [0.05, 0.1) is 12.5 Å². The molecule has 0 bridgehead atoms. The molecule has 0 aliphatic rings. The van der Waals surface area contributed by atoms with Crippen molar-refractivity contribution in [1.82, 2.24) is 4.90 Å². The van der Waals surface area contributed by atoms with E-state index in [9.17, 15) is 0 Å². The smallest absolute Gasteiger partial charge is 0.0947 e. The van der Waals surface area contributed by atoms with Crippen molar-refractivity contribution in [1.29, 1.82) is 0 Å². The van der Waals surface area contributed by atoms with Gasteiger partial charge in [-0.25, -0.2) is 0 Å². The van der Waals surface area contributed by atoms with E-state index in [0.29, 0.717) is 5.92 Å². The van der Waals surface area contributed by atoms with Gasteiger partial charge in [-0.1, -0.05) is 29.8 Å². The lowest BCUT2D eigenvalue weighted by molar-refractivity contribution is 0.247. The third kappa shape index (κ3) is 4.39. The molecule has 1 aromatic rings. The van der Waals surface area contributed by atoms with E-state index in [-0.39, 0.29) is 0 Å². The van der Waals surface area contributed by atoms with Crippen LogP contribution in [0.4, 0.5) is 0 Å². The molecule has 15 heavy (non-hydrogen) atoms. The summed E-state index contributed by atoms with van der Waals surface area (Å²) in [6, 6.07) is 2.02. The second-order valence-corrected chi connectivity index (χ2v) is 5.13. The molecule has 0 saturated heterocycles. The monoisotopic (exact) mass is 273 g/mol. The number of alkyl halides is 1. The van der Waals surface area contributed by atoms with E-state index >= 15 is 0 Å². The predicted octanol–water partition coefficient (Wildman–Crippen LogP) is 3.38. The molecule has 2 nitrogen and oxygen atoms in total. The Labute approximate surface area is 101 Å². The maximum absolute atomic E-state index is 5.06. The lowest BCUT2D eigenvalue weighted by atomic mass is 9.97. The summed E-state index contributed by atoms with van der Waals surface area (Å²) >= 11 is 3.58. The van der Waals surface area contributed by atoms with Crippen molar-refractivity contribution in [3.63, 3.8) is 0 Å². The Balaban J connectivity index is 2.37. The van der Waals surface area contributed by atoms with E-state index in [0.717, 1.165) is 24.3 Å². The fraction of sp³-hybridized carbons (Fsp3) is 0.667. The summed E-state index contributed by atoms with van der Waals surface area (Å²) < 4.78 is 5.06. The zero-order valence-corrected chi connectivity index (χ0v) is 11.3. The van der Waals surface area contributed by atoms with Crippen LogP contribution in [0, 0.1) is 11.8 Å². The molecule has 1 aromatic heterocycles. The minimum absolute atomic E-state index is 0.710. The lowest BCUT2D eigenvalue weighted by Gasteiger charge is -2.24. The number of hydrogen-bond donors (Lipinski definition) is 0. The van der Waals surface area contributed by atoms with Gasteiger partial charge in [0.2, 0.25) is 0 Å². The summed E-state index contributed by atoms with van der Waals surface area (Å²) in [5, 5.41) is 1.07. The van der Waals surface area contributed by atoms with Crippen molar-refractivity contribution in [2.75, 3.05) is 18.9 Å². The maximum atomic E-state index is 5.06. The maximum Gasteiger partial charge on any atom is 0.0947 e. The van der Waals surface area contributed by atoms with E-state index in [1.165, 1.54) is 5.56 Å². The third-order valence-corrected chi connectivity index (χ3v) is 3.55. The minimum Gasteiger partial charge on any atom is -0.472 e. The molecule has 3 heteroatoms. The molecule has 1 unspecified atom stereocenters. The topological polar surface area (TPSA) is 16.4 Å². The first-order valence-corrected chi connectivity index (χ1v) is 6.51. The fourth-order valence-corrected chi connectivity index (χ4v) is 2.55. The first-order valence-electron chi connectivity index (χ1n) is 5.39. The summed E-state index contributed by atoms with van der Waals surface area (Å²) in [5.41, 5.74) is 1.24. The molecule has 0 saturated carbocycles. The minimum atomic E-state index is 0.710. The van der Waals surface area contributed by atoms with Crippen LogP contribution in [-0.4, -0.2) is 23.8 Å². The molecular weight excluding hydrogens is 254 g/mol. The summed E-state index contributed by atoms with van der Waals surface area (Å²) in [4.78, 5) is 2.34. The van der Waals surface area contributed by atoms with E-state index in [1.807, 2.05) is 12.3 Å². The van der Waals surface area contributed by atoms with Crippen LogP contribution in [0.15, 0.2) is 23.0 Å². The van der Waals surface area contributed by atoms with Gasteiger partial charge in [-0.3, -0.25) is 0 Å². The van der Waals surface area contributed by atoms with Crippen molar-refractivity contribution >= 4 is 15.9 Å². The average Bonchev–Trinajstić information content (AvgIpc) is 2.66. The molecule has 1 atom stereocenters. The van der Waals surface area contributed by atoms with Crippen molar-refractivity contribution in [2.24, 2.45) is 11.8 Å². The van der Waals surface area contributed by atoms with Crippen molar-refractivity contribution < 1.29 is 4.42 Å². The quantitative estimate of drug-likeness (QED) is 0.739. The van der Waals surface area contributed by atoms with Crippen LogP contribution in [0.25, 0.3) is 0 Å². The third-order valence-electron chi connectivity index (χ3n) is 2.72. The molecule has 0 spiro atoms. The van der Waals surface area contributed by atoms with Gasteiger partial charge in [0.15, 0.2) is 0 Å². The molecule has 1 rings (SSSR count). The van der Waals surface area contributed by atoms with Gasteiger partial charge in [-0.15, -0.1) is 0 Å². The van der Waals surface area contributed by atoms with Gasteiger partial charge in [0, 0.05) is 24.0 Å².